The van der Waals surface area contributed by atoms with Gasteiger partial charge in [0.15, 0.2) is 12.0 Å². The van der Waals surface area contributed by atoms with E-state index in [1.807, 2.05) is 50.4 Å². The van der Waals surface area contributed by atoms with E-state index < -0.39 is 0 Å². The first-order chi connectivity index (χ1) is 13.2. The van der Waals surface area contributed by atoms with Crippen LogP contribution in [0, 0.1) is 0 Å². The van der Waals surface area contributed by atoms with Crippen molar-refractivity contribution in [2.45, 2.75) is 33.2 Å². The lowest BCUT2D eigenvalue weighted by Gasteiger charge is -1.97. The Morgan fingerprint density at radius 3 is 1.96 bits per heavy atom. The minimum absolute atomic E-state index is 0.462. The summed E-state index contributed by atoms with van der Waals surface area (Å²) in [4.78, 5) is 10.7. The average Bonchev–Trinajstić information content (AvgIpc) is 3.25. The fourth-order valence-electron chi connectivity index (χ4n) is 3.42. The van der Waals surface area contributed by atoms with Crippen molar-refractivity contribution in [3.63, 3.8) is 0 Å². The molecule has 27 heavy (non-hydrogen) atoms. The fourth-order valence-corrected chi connectivity index (χ4v) is 3.42. The van der Waals surface area contributed by atoms with Crippen molar-refractivity contribution in [3.8, 4) is 0 Å². The van der Waals surface area contributed by atoms with Gasteiger partial charge in [0.25, 0.3) is 0 Å². The highest BCUT2D eigenvalue weighted by Gasteiger charge is 2.11. The molecule has 0 radical (unpaired) electrons. The van der Waals surface area contributed by atoms with Crippen molar-refractivity contribution in [1.29, 1.82) is 0 Å². The Bertz CT molecular complexity index is 1040. The van der Waals surface area contributed by atoms with Gasteiger partial charge in [0, 0.05) is 21.9 Å². The topological polar surface area (TPSA) is 55.4 Å². The number of benzene rings is 2. The molecule has 2 heterocycles. The lowest BCUT2D eigenvalue weighted by Crippen LogP contribution is -2.05. The van der Waals surface area contributed by atoms with Crippen LogP contribution in [0.15, 0.2) is 57.4 Å². The third kappa shape index (κ3) is 3.81. The quantitative estimate of drug-likeness (QED) is 0.474. The van der Waals surface area contributed by atoms with Gasteiger partial charge in [0.1, 0.15) is 16.9 Å². The number of carbonyl (C=O) groups excluding carboxylic acids is 1. The monoisotopic (exact) mass is 363 g/mol. The molecular formula is C23H25NO3. The van der Waals surface area contributed by atoms with E-state index in [0.717, 1.165) is 53.5 Å². The number of rotatable bonds is 5. The first kappa shape index (κ1) is 18.9. The van der Waals surface area contributed by atoms with Crippen molar-refractivity contribution in [3.05, 3.63) is 71.2 Å². The fraction of sp³-hybridized carbons (Fsp3) is 0.261. The number of hydrogen-bond donors (Lipinski definition) is 1. The maximum Gasteiger partial charge on any atom is 0.185 e. The molecule has 0 aliphatic carbocycles. The summed E-state index contributed by atoms with van der Waals surface area (Å²) in [6, 6.07) is 15.9. The average molecular weight is 363 g/mol. The molecule has 0 amide bonds. The van der Waals surface area contributed by atoms with Crippen LogP contribution in [0.3, 0.4) is 0 Å². The third-order valence-corrected chi connectivity index (χ3v) is 4.66. The molecule has 4 aromatic rings. The van der Waals surface area contributed by atoms with Gasteiger partial charge in [0.2, 0.25) is 0 Å². The van der Waals surface area contributed by atoms with Gasteiger partial charge in [-0.3, -0.25) is 4.79 Å². The Hall–Kier alpha value is -2.85. The van der Waals surface area contributed by atoms with Crippen molar-refractivity contribution < 1.29 is 13.6 Å². The Morgan fingerprint density at radius 2 is 1.41 bits per heavy atom. The molecule has 0 spiro atoms. The lowest BCUT2D eigenvalue weighted by atomic mass is 10.1. The number of fused-ring (bicyclic) bond motifs is 2. The largest absolute Gasteiger partial charge is 0.459 e. The maximum absolute atomic E-state index is 10.7. The van der Waals surface area contributed by atoms with Crippen LogP contribution in [0.5, 0.6) is 0 Å². The van der Waals surface area contributed by atoms with Gasteiger partial charge in [-0.1, -0.05) is 50.2 Å². The van der Waals surface area contributed by atoms with Crippen molar-refractivity contribution in [2.75, 3.05) is 7.05 Å². The Morgan fingerprint density at radius 1 is 0.852 bits per heavy atom. The Balaban J connectivity index is 0.000000156. The molecule has 0 saturated carbocycles. The first-order valence-electron chi connectivity index (χ1n) is 9.32. The molecule has 0 saturated heterocycles. The predicted octanol–water partition coefficient (Wildman–Crippen LogP) is 5.52. The highest BCUT2D eigenvalue weighted by molar-refractivity contribution is 5.89. The van der Waals surface area contributed by atoms with E-state index in [0.29, 0.717) is 5.76 Å². The van der Waals surface area contributed by atoms with Gasteiger partial charge in [-0.2, -0.15) is 0 Å². The standard InChI is InChI=1S/C12H15NO.C11H10O2/c1-3-9-10-6-4-5-7-11(10)14-12(9)8-13-2;1-2-8-9-5-3-4-6-10(9)13-11(8)7-12/h4-7,13H,3,8H2,1-2H3;3-7H,2H2,1H3. The second kappa shape index (κ2) is 8.69. The number of aldehydes is 1. The van der Waals surface area contributed by atoms with Crippen LogP contribution in [0.25, 0.3) is 21.9 Å². The van der Waals surface area contributed by atoms with E-state index in [4.69, 9.17) is 8.83 Å². The van der Waals surface area contributed by atoms with E-state index in [-0.39, 0.29) is 0 Å². The van der Waals surface area contributed by atoms with E-state index in [1.165, 1.54) is 10.9 Å². The minimum Gasteiger partial charge on any atom is -0.459 e. The zero-order chi connectivity index (χ0) is 19.2. The molecule has 0 fully saturated rings. The van der Waals surface area contributed by atoms with Crippen molar-refractivity contribution in [2.24, 2.45) is 0 Å². The van der Waals surface area contributed by atoms with Gasteiger partial charge in [-0.05, 0) is 32.0 Å². The second-order valence-electron chi connectivity index (χ2n) is 6.30. The van der Waals surface area contributed by atoms with Crippen LogP contribution in [0.1, 0.15) is 41.3 Å². The van der Waals surface area contributed by atoms with Crippen molar-refractivity contribution in [1.82, 2.24) is 5.32 Å². The lowest BCUT2D eigenvalue weighted by molar-refractivity contribution is 0.110. The summed E-state index contributed by atoms with van der Waals surface area (Å²) in [5, 5.41) is 5.42. The van der Waals surface area contributed by atoms with Crippen LogP contribution in [-0.4, -0.2) is 13.3 Å². The maximum atomic E-state index is 10.7. The van der Waals surface area contributed by atoms with Gasteiger partial charge >= 0.3 is 0 Å². The summed E-state index contributed by atoms with van der Waals surface area (Å²) < 4.78 is 11.1. The zero-order valence-corrected chi connectivity index (χ0v) is 16.0. The summed E-state index contributed by atoms with van der Waals surface area (Å²) in [6.07, 6.45) is 2.62. The smallest absolute Gasteiger partial charge is 0.185 e. The summed E-state index contributed by atoms with van der Waals surface area (Å²) in [7, 11) is 1.94. The number of carbonyl (C=O) groups is 1. The summed E-state index contributed by atoms with van der Waals surface area (Å²) in [5.74, 6) is 1.53. The Kier molecular flexibility index (Phi) is 6.09. The molecule has 4 nitrogen and oxygen atoms in total. The molecule has 0 aliphatic heterocycles. The number of para-hydroxylation sites is 2. The molecule has 0 unspecified atom stereocenters. The molecule has 4 rings (SSSR count). The summed E-state index contributed by atoms with van der Waals surface area (Å²) in [6.45, 7) is 4.98. The van der Waals surface area contributed by atoms with Gasteiger partial charge in [0.05, 0.1) is 6.54 Å². The third-order valence-electron chi connectivity index (χ3n) is 4.66. The van der Waals surface area contributed by atoms with Crippen LogP contribution in [0.2, 0.25) is 0 Å². The number of hydrogen-bond acceptors (Lipinski definition) is 4. The molecule has 2 aromatic heterocycles. The van der Waals surface area contributed by atoms with Crippen LogP contribution >= 0.6 is 0 Å². The normalized spacial score (nSPS) is 10.8. The van der Waals surface area contributed by atoms with E-state index >= 15 is 0 Å². The van der Waals surface area contributed by atoms with Crippen LogP contribution < -0.4 is 5.32 Å². The van der Waals surface area contributed by atoms with Gasteiger partial charge < -0.3 is 14.2 Å². The van der Waals surface area contributed by atoms with E-state index in [1.54, 1.807) is 0 Å². The SMILES string of the molecule is CCc1c(C=O)oc2ccccc12.CCc1c(CNC)oc2ccccc12. The molecular weight excluding hydrogens is 338 g/mol. The van der Waals surface area contributed by atoms with Gasteiger partial charge in [-0.25, -0.2) is 0 Å². The van der Waals surface area contributed by atoms with Gasteiger partial charge in [-0.15, -0.1) is 0 Å². The molecule has 0 bridgehead atoms. The number of furan rings is 2. The Labute approximate surface area is 159 Å². The highest BCUT2D eigenvalue weighted by atomic mass is 16.3. The molecule has 0 atom stereocenters. The molecule has 140 valence electrons. The minimum atomic E-state index is 0.462. The number of aryl methyl sites for hydroxylation is 2. The summed E-state index contributed by atoms with van der Waals surface area (Å²) >= 11 is 0. The number of nitrogens with one attached hydrogen (secondary N) is 1. The molecule has 0 aliphatic rings. The van der Waals surface area contributed by atoms with E-state index in [9.17, 15) is 4.79 Å². The van der Waals surface area contributed by atoms with Crippen molar-refractivity contribution >= 4 is 28.2 Å². The summed E-state index contributed by atoms with van der Waals surface area (Å²) in [5.41, 5.74) is 4.12. The molecule has 2 aromatic carbocycles. The molecule has 1 N–H and O–H groups in total. The second-order valence-corrected chi connectivity index (χ2v) is 6.30. The van der Waals surface area contributed by atoms with Crippen LogP contribution in [0.4, 0.5) is 0 Å². The highest BCUT2D eigenvalue weighted by Crippen LogP contribution is 2.26. The van der Waals surface area contributed by atoms with Crippen LogP contribution in [-0.2, 0) is 19.4 Å². The first-order valence-corrected chi connectivity index (χ1v) is 9.32. The predicted molar refractivity (Wildman–Crippen MR) is 109 cm³/mol. The zero-order valence-electron chi connectivity index (χ0n) is 16.0. The van der Waals surface area contributed by atoms with E-state index in [2.05, 4.69) is 24.4 Å². The molecule has 4 heteroatoms.